The van der Waals surface area contributed by atoms with E-state index in [2.05, 4.69) is 11.9 Å². The molecule has 0 aliphatic rings. The monoisotopic (exact) mass is 260 g/mol. The number of hydrogen-bond acceptors (Lipinski definition) is 3. The van der Waals surface area contributed by atoms with Gasteiger partial charge in [-0.2, -0.15) is 0 Å². The number of carbonyl (C=O) groups excluding carboxylic acids is 1. The number of carbonyl (C=O) groups is 1. The number of aryl methyl sites for hydroxylation is 2. The zero-order valence-corrected chi connectivity index (χ0v) is 11.4. The molecule has 0 aliphatic heterocycles. The van der Waals surface area contributed by atoms with Crippen molar-refractivity contribution in [2.45, 2.75) is 26.7 Å². The maximum absolute atomic E-state index is 11.2. The number of amides is 1. The lowest BCUT2D eigenvalue weighted by Crippen LogP contribution is -2.10. The molecule has 1 aromatic carbocycles. The van der Waals surface area contributed by atoms with Gasteiger partial charge < -0.3 is 5.73 Å². The number of thiazole rings is 1. The van der Waals surface area contributed by atoms with Crippen molar-refractivity contribution in [3.05, 3.63) is 39.7 Å². The standard InChI is InChI=1S/C14H16N2OS/c1-3-4-11-12(16-14(18-11)13(15)17)10-7-5-9(2)6-8-10/h5-8H,3-4H2,1-2H3,(H2,15,17). The highest BCUT2D eigenvalue weighted by Crippen LogP contribution is 2.29. The first-order chi connectivity index (χ1) is 8.61. The first kappa shape index (κ1) is 12.8. The SMILES string of the molecule is CCCc1sc(C(N)=O)nc1-c1ccc(C)cc1. The van der Waals surface area contributed by atoms with Gasteiger partial charge in [-0.3, -0.25) is 4.79 Å². The average Bonchev–Trinajstić information content (AvgIpc) is 2.75. The number of nitrogens with zero attached hydrogens (tertiary/aromatic N) is 1. The number of rotatable bonds is 4. The van der Waals surface area contributed by atoms with Crippen LogP contribution in [0.1, 0.15) is 33.6 Å². The predicted octanol–water partition coefficient (Wildman–Crippen LogP) is 3.17. The second-order valence-electron chi connectivity index (χ2n) is 4.27. The number of primary amides is 1. The Labute approximate surface area is 111 Å². The van der Waals surface area contributed by atoms with Gasteiger partial charge in [0.2, 0.25) is 0 Å². The summed E-state index contributed by atoms with van der Waals surface area (Å²) in [4.78, 5) is 16.7. The van der Waals surface area contributed by atoms with Crippen LogP contribution in [-0.4, -0.2) is 10.9 Å². The zero-order chi connectivity index (χ0) is 13.1. The van der Waals surface area contributed by atoms with Crippen LogP contribution in [-0.2, 0) is 6.42 Å². The van der Waals surface area contributed by atoms with Gasteiger partial charge in [0.25, 0.3) is 5.91 Å². The zero-order valence-electron chi connectivity index (χ0n) is 10.6. The van der Waals surface area contributed by atoms with Crippen LogP contribution in [0.5, 0.6) is 0 Å². The summed E-state index contributed by atoms with van der Waals surface area (Å²) in [5.74, 6) is -0.448. The van der Waals surface area contributed by atoms with Crippen molar-refractivity contribution in [3.8, 4) is 11.3 Å². The van der Waals surface area contributed by atoms with E-state index in [-0.39, 0.29) is 0 Å². The summed E-state index contributed by atoms with van der Waals surface area (Å²) >= 11 is 1.41. The Balaban J connectivity index is 2.47. The largest absolute Gasteiger partial charge is 0.364 e. The molecule has 1 amide bonds. The Morgan fingerprint density at radius 2 is 2.00 bits per heavy atom. The molecular weight excluding hydrogens is 244 g/mol. The highest BCUT2D eigenvalue weighted by Gasteiger charge is 2.15. The summed E-state index contributed by atoms with van der Waals surface area (Å²) in [7, 11) is 0. The molecule has 2 rings (SSSR count). The molecule has 0 saturated carbocycles. The van der Waals surface area contributed by atoms with Crippen LogP contribution < -0.4 is 5.73 Å². The molecule has 2 aromatic rings. The van der Waals surface area contributed by atoms with E-state index < -0.39 is 5.91 Å². The molecule has 0 fully saturated rings. The van der Waals surface area contributed by atoms with Crippen LogP contribution >= 0.6 is 11.3 Å². The fourth-order valence-corrected chi connectivity index (χ4v) is 2.83. The third-order valence-electron chi connectivity index (χ3n) is 2.71. The molecule has 2 N–H and O–H groups in total. The maximum atomic E-state index is 11.2. The molecule has 18 heavy (non-hydrogen) atoms. The van der Waals surface area contributed by atoms with Crippen molar-refractivity contribution in [1.29, 1.82) is 0 Å². The fourth-order valence-electron chi connectivity index (χ4n) is 1.79. The molecule has 3 nitrogen and oxygen atoms in total. The van der Waals surface area contributed by atoms with E-state index in [1.165, 1.54) is 16.9 Å². The lowest BCUT2D eigenvalue weighted by molar-refractivity contribution is 0.1000. The smallest absolute Gasteiger partial charge is 0.277 e. The molecule has 0 unspecified atom stereocenters. The normalized spacial score (nSPS) is 10.6. The van der Waals surface area contributed by atoms with Gasteiger partial charge in [0.15, 0.2) is 5.01 Å². The van der Waals surface area contributed by atoms with E-state index in [0.717, 1.165) is 29.0 Å². The summed E-state index contributed by atoms with van der Waals surface area (Å²) in [5.41, 5.74) is 8.46. The highest BCUT2D eigenvalue weighted by atomic mass is 32.1. The summed E-state index contributed by atoms with van der Waals surface area (Å²) in [6, 6.07) is 8.17. The molecule has 0 radical (unpaired) electrons. The van der Waals surface area contributed by atoms with Crippen LogP contribution in [0.25, 0.3) is 11.3 Å². The summed E-state index contributed by atoms with van der Waals surface area (Å²) in [5, 5.41) is 0.397. The number of aromatic nitrogens is 1. The molecule has 0 bridgehead atoms. The summed E-state index contributed by atoms with van der Waals surface area (Å²) in [6.07, 6.45) is 1.95. The lowest BCUT2D eigenvalue weighted by Gasteiger charge is -2.01. The average molecular weight is 260 g/mol. The molecule has 0 aliphatic carbocycles. The van der Waals surface area contributed by atoms with Gasteiger partial charge >= 0.3 is 0 Å². The van der Waals surface area contributed by atoms with Gasteiger partial charge in [0, 0.05) is 10.4 Å². The third kappa shape index (κ3) is 2.59. The molecule has 1 heterocycles. The Kier molecular flexibility index (Phi) is 3.77. The predicted molar refractivity (Wildman–Crippen MR) is 74.8 cm³/mol. The van der Waals surface area contributed by atoms with Crippen LogP contribution in [0, 0.1) is 6.92 Å². The van der Waals surface area contributed by atoms with Gasteiger partial charge in [-0.1, -0.05) is 43.2 Å². The van der Waals surface area contributed by atoms with Gasteiger partial charge in [-0.15, -0.1) is 11.3 Å². The van der Waals surface area contributed by atoms with Crippen LogP contribution in [0.4, 0.5) is 0 Å². The fraction of sp³-hybridized carbons (Fsp3) is 0.286. The van der Waals surface area contributed by atoms with Gasteiger partial charge in [0.1, 0.15) is 0 Å². The van der Waals surface area contributed by atoms with E-state index in [9.17, 15) is 4.79 Å². The first-order valence-corrected chi connectivity index (χ1v) is 6.80. The van der Waals surface area contributed by atoms with Crippen molar-refractivity contribution in [2.24, 2.45) is 5.73 Å². The topological polar surface area (TPSA) is 56.0 Å². The van der Waals surface area contributed by atoms with Gasteiger partial charge in [-0.25, -0.2) is 4.98 Å². The summed E-state index contributed by atoms with van der Waals surface area (Å²) in [6.45, 7) is 4.16. The van der Waals surface area contributed by atoms with Gasteiger partial charge in [0.05, 0.1) is 5.69 Å². The Bertz CT molecular complexity index is 558. The Morgan fingerprint density at radius 1 is 1.33 bits per heavy atom. The van der Waals surface area contributed by atoms with E-state index >= 15 is 0 Å². The molecule has 0 spiro atoms. The van der Waals surface area contributed by atoms with Crippen molar-refractivity contribution in [2.75, 3.05) is 0 Å². The second-order valence-corrected chi connectivity index (χ2v) is 5.35. The van der Waals surface area contributed by atoms with Crippen LogP contribution in [0.15, 0.2) is 24.3 Å². The van der Waals surface area contributed by atoms with Crippen LogP contribution in [0.2, 0.25) is 0 Å². The lowest BCUT2D eigenvalue weighted by atomic mass is 10.1. The molecule has 94 valence electrons. The van der Waals surface area contributed by atoms with Crippen LogP contribution in [0.3, 0.4) is 0 Å². The molecule has 1 aromatic heterocycles. The Hall–Kier alpha value is -1.68. The number of benzene rings is 1. The van der Waals surface area contributed by atoms with Crippen molar-refractivity contribution >= 4 is 17.2 Å². The van der Waals surface area contributed by atoms with Gasteiger partial charge in [-0.05, 0) is 13.3 Å². The van der Waals surface area contributed by atoms with Crippen molar-refractivity contribution < 1.29 is 4.79 Å². The van der Waals surface area contributed by atoms with Crippen molar-refractivity contribution in [1.82, 2.24) is 4.98 Å². The molecular formula is C14H16N2OS. The molecule has 0 saturated heterocycles. The molecule has 0 atom stereocenters. The van der Waals surface area contributed by atoms with E-state index in [1.54, 1.807) is 0 Å². The minimum atomic E-state index is -0.448. The minimum absolute atomic E-state index is 0.397. The van der Waals surface area contributed by atoms with Crippen molar-refractivity contribution in [3.63, 3.8) is 0 Å². The maximum Gasteiger partial charge on any atom is 0.277 e. The van der Waals surface area contributed by atoms with E-state index in [1.807, 2.05) is 31.2 Å². The van der Waals surface area contributed by atoms with E-state index in [4.69, 9.17) is 5.73 Å². The third-order valence-corrected chi connectivity index (χ3v) is 3.84. The van der Waals surface area contributed by atoms with E-state index in [0.29, 0.717) is 5.01 Å². The highest BCUT2D eigenvalue weighted by molar-refractivity contribution is 7.14. The Morgan fingerprint density at radius 3 is 2.56 bits per heavy atom. The quantitative estimate of drug-likeness (QED) is 0.918. The minimum Gasteiger partial charge on any atom is -0.364 e. The molecule has 4 heteroatoms. The summed E-state index contributed by atoms with van der Waals surface area (Å²) < 4.78 is 0. The number of hydrogen-bond donors (Lipinski definition) is 1. The number of nitrogens with two attached hydrogens (primary N) is 1. The second kappa shape index (κ2) is 5.31. The first-order valence-electron chi connectivity index (χ1n) is 5.98.